The summed E-state index contributed by atoms with van der Waals surface area (Å²) in [6, 6.07) is 8.84. The first kappa shape index (κ1) is 40.9. The summed E-state index contributed by atoms with van der Waals surface area (Å²) in [5.41, 5.74) is 12.3. The second-order valence-corrected chi connectivity index (χ2v) is 12.4. The van der Waals surface area contributed by atoms with Crippen molar-refractivity contribution in [2.75, 3.05) is 40.3 Å². The van der Waals surface area contributed by atoms with Crippen LogP contribution in [0.5, 0.6) is 0 Å². The summed E-state index contributed by atoms with van der Waals surface area (Å²) >= 11 is 0. The van der Waals surface area contributed by atoms with Gasteiger partial charge in [0, 0.05) is 59.4 Å². The van der Waals surface area contributed by atoms with E-state index in [0.29, 0.717) is 6.42 Å². The molecular formula is C34H46F2N10O6. The van der Waals surface area contributed by atoms with Crippen molar-refractivity contribution in [1.82, 2.24) is 31.1 Å². The molecule has 18 heteroatoms. The third-order valence-electron chi connectivity index (χ3n) is 8.04. The summed E-state index contributed by atoms with van der Waals surface area (Å²) in [4.78, 5) is 71.3. The maximum Gasteiger partial charge on any atom is 0.268 e. The number of aliphatic imine (C=N–C) groups is 1. The van der Waals surface area contributed by atoms with E-state index >= 15 is 0 Å². The van der Waals surface area contributed by atoms with Crippen LogP contribution >= 0.6 is 0 Å². The number of hydrogen-bond donors (Lipinski definition) is 6. The van der Waals surface area contributed by atoms with Crippen molar-refractivity contribution in [3.63, 3.8) is 0 Å². The number of hydrogen-bond acceptors (Lipinski definition) is 9. The minimum atomic E-state index is -3.16. The van der Waals surface area contributed by atoms with Crippen LogP contribution in [-0.4, -0.2) is 110 Å². The topological polar surface area (TPSA) is 241 Å². The Morgan fingerprint density at radius 1 is 1.10 bits per heavy atom. The molecule has 0 spiro atoms. The molecule has 1 aliphatic heterocycles. The number of likely N-dealkylation sites (tertiary alicyclic amines) is 1. The van der Waals surface area contributed by atoms with Crippen molar-refractivity contribution in [2.45, 2.75) is 69.1 Å². The normalized spacial score (nSPS) is 16.3. The van der Waals surface area contributed by atoms with Crippen molar-refractivity contribution in [2.24, 2.45) is 16.5 Å². The van der Waals surface area contributed by atoms with Crippen LogP contribution in [0.25, 0.3) is 0 Å². The molecule has 0 saturated carbocycles. The standard InChI is InChI=1S/C34H46F2N10O6/c1-45(2)33(39)41-13-6-9-26(32(51)44-27(31(50)40-14-12-37)15-22-7-4-3-5-8-22)43-30(49)23-16-25(52-20-23)19-42-28(47)10-11-29(48)46-21-34(35,36)17-24(46)18-38/h3-5,7-8,16,20,24,26-27H,6,9-15,17,19,21,37H2,1-2H3,(H2,39,41)(H,40,50)(H,42,47)(H,43,49)(H,44,51)/t24-,26-,27-/m0/s1. The highest BCUT2D eigenvalue weighted by atomic mass is 19.3. The summed E-state index contributed by atoms with van der Waals surface area (Å²) in [5.74, 6) is -5.70. The average Bonchev–Trinajstić information content (AvgIpc) is 3.73. The first-order valence-corrected chi connectivity index (χ1v) is 16.7. The molecule has 1 aliphatic rings. The smallest absolute Gasteiger partial charge is 0.268 e. The molecule has 1 aromatic carbocycles. The SMILES string of the molecule is CN(C)C(N)=NCCC[C@H](NC(=O)c1coc(CNC(=O)CCC(=O)N2CC(F)(F)C[C@H]2C#N)c1)C(=O)N[C@@H](Cc1ccccc1)C(=O)NCCN. The number of amides is 5. The van der Waals surface area contributed by atoms with E-state index < -0.39 is 66.5 Å². The number of halogens is 2. The van der Waals surface area contributed by atoms with E-state index in [0.717, 1.165) is 16.7 Å². The molecule has 0 radical (unpaired) electrons. The van der Waals surface area contributed by atoms with Crippen molar-refractivity contribution in [3.8, 4) is 6.07 Å². The molecule has 0 bridgehead atoms. The molecule has 1 aromatic heterocycles. The molecule has 1 fully saturated rings. The number of nitriles is 1. The Morgan fingerprint density at radius 3 is 2.50 bits per heavy atom. The van der Waals surface area contributed by atoms with Gasteiger partial charge in [0.05, 0.1) is 24.7 Å². The minimum absolute atomic E-state index is 0.0473. The van der Waals surface area contributed by atoms with Gasteiger partial charge < -0.3 is 47.0 Å². The summed E-state index contributed by atoms with van der Waals surface area (Å²) < 4.78 is 32.7. The zero-order chi connectivity index (χ0) is 38.3. The van der Waals surface area contributed by atoms with E-state index in [1.54, 1.807) is 25.1 Å². The van der Waals surface area contributed by atoms with Crippen LogP contribution in [0.1, 0.15) is 53.8 Å². The maximum atomic E-state index is 13.7. The molecule has 3 rings (SSSR count). The predicted molar refractivity (Wildman–Crippen MR) is 185 cm³/mol. The number of carbonyl (C=O) groups is 5. The van der Waals surface area contributed by atoms with Gasteiger partial charge >= 0.3 is 0 Å². The lowest BCUT2D eigenvalue weighted by atomic mass is 10.0. The molecule has 1 saturated heterocycles. The Labute approximate surface area is 300 Å². The molecule has 3 atom stereocenters. The summed E-state index contributed by atoms with van der Waals surface area (Å²) in [6.07, 6.45) is 0.403. The number of nitrogens with one attached hydrogen (secondary N) is 4. The van der Waals surface area contributed by atoms with Crippen LogP contribution in [0.15, 0.2) is 52.1 Å². The van der Waals surface area contributed by atoms with Crippen LogP contribution < -0.4 is 32.7 Å². The van der Waals surface area contributed by atoms with E-state index in [1.807, 2.05) is 30.3 Å². The predicted octanol–water partition coefficient (Wildman–Crippen LogP) is -0.00692. The van der Waals surface area contributed by atoms with Gasteiger partial charge in [-0.1, -0.05) is 30.3 Å². The number of furan rings is 1. The van der Waals surface area contributed by atoms with Crippen LogP contribution in [0.3, 0.4) is 0 Å². The van der Waals surface area contributed by atoms with E-state index in [-0.39, 0.29) is 69.1 Å². The molecule has 0 aliphatic carbocycles. The number of alkyl halides is 2. The lowest BCUT2D eigenvalue weighted by molar-refractivity contribution is -0.134. The van der Waals surface area contributed by atoms with Gasteiger partial charge in [-0.3, -0.25) is 29.0 Å². The number of nitrogens with zero attached hydrogens (tertiary/aromatic N) is 4. The largest absolute Gasteiger partial charge is 0.467 e. The third kappa shape index (κ3) is 13.0. The second kappa shape index (κ2) is 19.7. The third-order valence-corrected chi connectivity index (χ3v) is 8.04. The van der Waals surface area contributed by atoms with Gasteiger partial charge in [0.2, 0.25) is 23.6 Å². The van der Waals surface area contributed by atoms with Gasteiger partial charge in [-0.2, -0.15) is 5.26 Å². The first-order valence-electron chi connectivity index (χ1n) is 16.7. The molecule has 2 heterocycles. The number of nitrogens with two attached hydrogens (primary N) is 2. The number of benzene rings is 1. The molecule has 52 heavy (non-hydrogen) atoms. The van der Waals surface area contributed by atoms with Crippen LogP contribution in [0.2, 0.25) is 0 Å². The van der Waals surface area contributed by atoms with Crippen molar-refractivity contribution < 1.29 is 37.2 Å². The zero-order valence-corrected chi connectivity index (χ0v) is 29.2. The Morgan fingerprint density at radius 2 is 1.83 bits per heavy atom. The van der Waals surface area contributed by atoms with Crippen molar-refractivity contribution in [3.05, 3.63) is 59.5 Å². The van der Waals surface area contributed by atoms with E-state index in [4.69, 9.17) is 21.1 Å². The van der Waals surface area contributed by atoms with Crippen LogP contribution in [-0.2, 0) is 32.1 Å². The monoisotopic (exact) mass is 728 g/mol. The lowest BCUT2D eigenvalue weighted by Crippen LogP contribution is -2.54. The quantitative estimate of drug-likeness (QED) is 0.0682. The van der Waals surface area contributed by atoms with Gasteiger partial charge in [0.15, 0.2) is 5.96 Å². The molecule has 16 nitrogen and oxygen atoms in total. The molecule has 282 valence electrons. The number of carbonyl (C=O) groups excluding carboxylic acids is 5. The fraction of sp³-hybridized carbons (Fsp3) is 0.500. The highest BCUT2D eigenvalue weighted by Gasteiger charge is 2.47. The maximum absolute atomic E-state index is 13.7. The highest BCUT2D eigenvalue weighted by molar-refractivity contribution is 5.98. The Kier molecular flexibility index (Phi) is 15.5. The number of guanidine groups is 1. The molecule has 8 N–H and O–H groups in total. The summed E-state index contributed by atoms with van der Waals surface area (Å²) in [7, 11) is 3.47. The summed E-state index contributed by atoms with van der Waals surface area (Å²) in [6.45, 7) is -0.357. The Bertz CT molecular complexity index is 1610. The van der Waals surface area contributed by atoms with Crippen LogP contribution in [0, 0.1) is 11.3 Å². The Balaban J connectivity index is 1.63. The minimum Gasteiger partial charge on any atom is -0.467 e. The fourth-order valence-corrected chi connectivity index (χ4v) is 5.22. The molecule has 0 unspecified atom stereocenters. The van der Waals surface area contributed by atoms with Gasteiger partial charge in [0.1, 0.15) is 30.1 Å². The van der Waals surface area contributed by atoms with Gasteiger partial charge in [-0.15, -0.1) is 0 Å². The zero-order valence-electron chi connectivity index (χ0n) is 29.2. The lowest BCUT2D eigenvalue weighted by Gasteiger charge is -2.23. The van der Waals surface area contributed by atoms with Gasteiger partial charge in [0.25, 0.3) is 11.8 Å². The van der Waals surface area contributed by atoms with Crippen LogP contribution in [0.4, 0.5) is 8.78 Å². The van der Waals surface area contributed by atoms with Gasteiger partial charge in [-0.25, -0.2) is 8.78 Å². The van der Waals surface area contributed by atoms with E-state index in [9.17, 15) is 32.8 Å². The van der Waals surface area contributed by atoms with E-state index in [1.165, 1.54) is 6.07 Å². The Hall–Kier alpha value is -5.57. The first-order chi connectivity index (χ1) is 24.7. The average molecular weight is 729 g/mol. The highest BCUT2D eigenvalue weighted by Crippen LogP contribution is 2.32. The van der Waals surface area contributed by atoms with E-state index in [2.05, 4.69) is 26.3 Å². The summed E-state index contributed by atoms with van der Waals surface area (Å²) in [5, 5.41) is 19.8. The van der Waals surface area contributed by atoms with Crippen molar-refractivity contribution in [1.29, 1.82) is 5.26 Å². The second-order valence-electron chi connectivity index (χ2n) is 12.4. The fourth-order valence-electron chi connectivity index (χ4n) is 5.22. The molecule has 2 aromatic rings. The molecule has 5 amide bonds. The molecular weight excluding hydrogens is 682 g/mol. The van der Waals surface area contributed by atoms with Gasteiger partial charge in [-0.05, 0) is 24.5 Å². The van der Waals surface area contributed by atoms with Crippen molar-refractivity contribution >= 4 is 35.5 Å². The number of rotatable bonds is 18.